The SMILES string of the molecule is CCn1nc(C)cc1C(=O)NCC(=O)Nc1c(C)nn(CCc2ccccc2)c1C. The van der Waals surface area contributed by atoms with Crippen LogP contribution in [0.1, 0.15) is 40.1 Å². The molecule has 30 heavy (non-hydrogen) atoms. The van der Waals surface area contributed by atoms with Gasteiger partial charge in [-0.2, -0.15) is 10.2 Å². The molecule has 0 aliphatic carbocycles. The van der Waals surface area contributed by atoms with Gasteiger partial charge in [0.2, 0.25) is 5.91 Å². The molecule has 8 nitrogen and oxygen atoms in total. The van der Waals surface area contributed by atoms with Crippen LogP contribution in [0.2, 0.25) is 0 Å². The van der Waals surface area contributed by atoms with Gasteiger partial charge in [-0.25, -0.2) is 0 Å². The van der Waals surface area contributed by atoms with Crippen LogP contribution in [-0.4, -0.2) is 37.9 Å². The molecule has 1 aromatic carbocycles. The van der Waals surface area contributed by atoms with Crippen molar-refractivity contribution in [1.29, 1.82) is 0 Å². The summed E-state index contributed by atoms with van der Waals surface area (Å²) in [5.74, 6) is -0.615. The van der Waals surface area contributed by atoms with Gasteiger partial charge in [-0.05, 0) is 45.7 Å². The number of carbonyl (C=O) groups is 2. The Labute approximate surface area is 176 Å². The highest BCUT2D eigenvalue weighted by Crippen LogP contribution is 2.19. The largest absolute Gasteiger partial charge is 0.342 e. The summed E-state index contributed by atoms with van der Waals surface area (Å²) in [6.45, 7) is 8.73. The van der Waals surface area contributed by atoms with Gasteiger partial charge in [0, 0.05) is 13.1 Å². The lowest BCUT2D eigenvalue weighted by Gasteiger charge is -2.09. The van der Waals surface area contributed by atoms with Crippen molar-refractivity contribution in [1.82, 2.24) is 24.9 Å². The summed E-state index contributed by atoms with van der Waals surface area (Å²) < 4.78 is 3.52. The number of aryl methyl sites for hydroxylation is 5. The van der Waals surface area contributed by atoms with Gasteiger partial charge in [-0.1, -0.05) is 30.3 Å². The summed E-state index contributed by atoms with van der Waals surface area (Å²) in [6, 6.07) is 11.9. The van der Waals surface area contributed by atoms with Crippen molar-refractivity contribution in [2.45, 2.75) is 47.2 Å². The molecule has 0 saturated heterocycles. The second-order valence-electron chi connectivity index (χ2n) is 7.22. The zero-order valence-corrected chi connectivity index (χ0v) is 17.9. The Morgan fingerprint density at radius 2 is 1.77 bits per heavy atom. The van der Waals surface area contributed by atoms with Crippen LogP contribution in [0.3, 0.4) is 0 Å². The van der Waals surface area contributed by atoms with Crippen molar-refractivity contribution in [3.8, 4) is 0 Å². The number of benzene rings is 1. The standard InChI is InChI=1S/C22H28N6O2/c1-5-27-19(13-15(2)25-27)22(30)23-14-20(29)24-21-16(3)26-28(17(21)4)12-11-18-9-7-6-8-10-18/h6-10,13H,5,11-12,14H2,1-4H3,(H,23,30)(H,24,29). The van der Waals surface area contributed by atoms with Gasteiger partial charge in [-0.3, -0.25) is 19.0 Å². The molecule has 158 valence electrons. The quantitative estimate of drug-likeness (QED) is 0.599. The fourth-order valence-electron chi connectivity index (χ4n) is 3.38. The highest BCUT2D eigenvalue weighted by Gasteiger charge is 2.17. The zero-order valence-electron chi connectivity index (χ0n) is 17.9. The number of carbonyl (C=O) groups excluding carboxylic acids is 2. The number of nitrogens with one attached hydrogen (secondary N) is 2. The maximum Gasteiger partial charge on any atom is 0.269 e. The lowest BCUT2D eigenvalue weighted by atomic mass is 10.1. The van der Waals surface area contributed by atoms with E-state index < -0.39 is 0 Å². The Kier molecular flexibility index (Phi) is 6.66. The highest BCUT2D eigenvalue weighted by molar-refractivity contribution is 5.99. The Morgan fingerprint density at radius 1 is 1.03 bits per heavy atom. The van der Waals surface area contributed by atoms with Crippen LogP contribution in [0.25, 0.3) is 0 Å². The molecule has 8 heteroatoms. The molecule has 3 aromatic rings. The van der Waals surface area contributed by atoms with E-state index >= 15 is 0 Å². The summed E-state index contributed by atoms with van der Waals surface area (Å²) in [4.78, 5) is 24.8. The third-order valence-electron chi connectivity index (χ3n) is 4.94. The van der Waals surface area contributed by atoms with Crippen LogP contribution >= 0.6 is 0 Å². The maximum absolute atomic E-state index is 12.4. The van der Waals surface area contributed by atoms with E-state index in [1.807, 2.05) is 50.6 Å². The van der Waals surface area contributed by atoms with E-state index in [2.05, 4.69) is 33.0 Å². The summed E-state index contributed by atoms with van der Waals surface area (Å²) >= 11 is 0. The summed E-state index contributed by atoms with van der Waals surface area (Å²) in [6.07, 6.45) is 0.858. The molecule has 0 fully saturated rings. The van der Waals surface area contributed by atoms with Crippen LogP contribution in [0.4, 0.5) is 5.69 Å². The first-order chi connectivity index (χ1) is 14.4. The molecule has 0 aliphatic rings. The van der Waals surface area contributed by atoms with Crippen molar-refractivity contribution < 1.29 is 9.59 Å². The van der Waals surface area contributed by atoms with Crippen LogP contribution in [0, 0.1) is 20.8 Å². The van der Waals surface area contributed by atoms with Gasteiger partial charge >= 0.3 is 0 Å². The number of aromatic nitrogens is 4. The van der Waals surface area contributed by atoms with Gasteiger partial charge in [0.25, 0.3) is 5.91 Å². The van der Waals surface area contributed by atoms with Crippen molar-refractivity contribution in [3.05, 3.63) is 64.7 Å². The predicted molar refractivity (Wildman–Crippen MR) is 115 cm³/mol. The van der Waals surface area contributed by atoms with Gasteiger partial charge in [0.05, 0.1) is 29.3 Å². The topological polar surface area (TPSA) is 93.8 Å². The average Bonchev–Trinajstić information content (AvgIpc) is 3.25. The van der Waals surface area contributed by atoms with E-state index in [9.17, 15) is 9.59 Å². The molecule has 0 radical (unpaired) electrons. The van der Waals surface area contributed by atoms with Crippen LogP contribution < -0.4 is 10.6 Å². The molecule has 2 N–H and O–H groups in total. The van der Waals surface area contributed by atoms with E-state index in [4.69, 9.17) is 0 Å². The number of amides is 2. The van der Waals surface area contributed by atoms with Gasteiger partial charge in [0.15, 0.2) is 0 Å². The smallest absolute Gasteiger partial charge is 0.269 e. The van der Waals surface area contributed by atoms with Gasteiger partial charge in [-0.15, -0.1) is 0 Å². The highest BCUT2D eigenvalue weighted by atomic mass is 16.2. The normalized spacial score (nSPS) is 10.8. The molecular weight excluding hydrogens is 380 g/mol. The van der Waals surface area contributed by atoms with Crippen molar-refractivity contribution >= 4 is 17.5 Å². The molecular formula is C22H28N6O2. The number of anilines is 1. The fourth-order valence-corrected chi connectivity index (χ4v) is 3.38. The summed E-state index contributed by atoms with van der Waals surface area (Å²) in [5.41, 5.74) is 4.78. The molecule has 0 unspecified atom stereocenters. The average molecular weight is 409 g/mol. The van der Waals surface area contributed by atoms with E-state index in [0.29, 0.717) is 17.9 Å². The lowest BCUT2D eigenvalue weighted by molar-refractivity contribution is -0.115. The molecule has 0 spiro atoms. The van der Waals surface area contributed by atoms with Gasteiger partial charge in [0.1, 0.15) is 5.69 Å². The van der Waals surface area contributed by atoms with Crippen LogP contribution in [0.15, 0.2) is 36.4 Å². The Balaban J connectivity index is 1.58. The molecule has 2 heterocycles. The molecule has 2 amide bonds. The third-order valence-corrected chi connectivity index (χ3v) is 4.94. The van der Waals surface area contributed by atoms with E-state index in [-0.39, 0.29) is 18.4 Å². The summed E-state index contributed by atoms with van der Waals surface area (Å²) in [7, 11) is 0. The number of hydrogen-bond donors (Lipinski definition) is 2. The zero-order chi connectivity index (χ0) is 21.7. The number of hydrogen-bond acceptors (Lipinski definition) is 4. The van der Waals surface area contributed by atoms with E-state index in [1.165, 1.54) is 5.56 Å². The molecule has 3 rings (SSSR count). The minimum atomic E-state index is -0.320. The van der Waals surface area contributed by atoms with Crippen molar-refractivity contribution in [2.75, 3.05) is 11.9 Å². The van der Waals surface area contributed by atoms with E-state index in [0.717, 1.165) is 30.0 Å². The maximum atomic E-state index is 12.4. The fraction of sp³-hybridized carbons (Fsp3) is 0.364. The second kappa shape index (κ2) is 9.39. The summed E-state index contributed by atoms with van der Waals surface area (Å²) in [5, 5.41) is 14.3. The van der Waals surface area contributed by atoms with Crippen molar-refractivity contribution in [2.24, 2.45) is 0 Å². The first-order valence-electron chi connectivity index (χ1n) is 10.1. The van der Waals surface area contributed by atoms with Gasteiger partial charge < -0.3 is 10.6 Å². The van der Waals surface area contributed by atoms with Crippen molar-refractivity contribution in [3.63, 3.8) is 0 Å². The lowest BCUT2D eigenvalue weighted by Crippen LogP contribution is -2.34. The molecule has 0 saturated carbocycles. The van der Waals surface area contributed by atoms with E-state index in [1.54, 1.807) is 10.7 Å². The molecule has 0 aliphatic heterocycles. The first kappa shape index (κ1) is 21.3. The Morgan fingerprint density at radius 3 is 2.47 bits per heavy atom. The number of nitrogens with zero attached hydrogens (tertiary/aromatic N) is 4. The molecule has 0 atom stereocenters. The number of rotatable bonds is 8. The second-order valence-corrected chi connectivity index (χ2v) is 7.22. The Bertz CT molecular complexity index is 1040. The Hall–Kier alpha value is -3.42. The minimum absolute atomic E-state index is 0.124. The monoisotopic (exact) mass is 408 g/mol. The minimum Gasteiger partial charge on any atom is -0.342 e. The predicted octanol–water partition coefficient (Wildman–Crippen LogP) is 2.64. The molecule has 2 aromatic heterocycles. The van der Waals surface area contributed by atoms with Crippen LogP contribution in [0.5, 0.6) is 0 Å². The third kappa shape index (κ3) is 4.94. The first-order valence-corrected chi connectivity index (χ1v) is 10.1. The molecule has 0 bridgehead atoms. The van der Waals surface area contributed by atoms with Crippen LogP contribution in [-0.2, 0) is 24.3 Å².